The standard InChI is InChI=1S/C20H19NO/c1-13-5-10-18-16(11-13)17(12-21)19(22-18)14-6-8-15(9-7-14)20(2,3)4/h5-11H,1-4H3. The predicted molar refractivity (Wildman–Crippen MR) is 89.8 cm³/mol. The maximum absolute atomic E-state index is 9.53. The third-order valence-electron chi connectivity index (χ3n) is 3.97. The minimum Gasteiger partial charge on any atom is -0.455 e. The van der Waals surface area contributed by atoms with Crippen molar-refractivity contribution in [3.63, 3.8) is 0 Å². The van der Waals surface area contributed by atoms with Crippen molar-refractivity contribution in [1.82, 2.24) is 0 Å². The normalized spacial score (nSPS) is 11.6. The first-order valence-corrected chi connectivity index (χ1v) is 7.44. The Bertz CT molecular complexity index is 871. The van der Waals surface area contributed by atoms with Crippen molar-refractivity contribution in [3.05, 3.63) is 59.2 Å². The predicted octanol–water partition coefficient (Wildman–Crippen LogP) is 5.58. The van der Waals surface area contributed by atoms with Crippen molar-refractivity contribution in [2.24, 2.45) is 0 Å². The topological polar surface area (TPSA) is 36.9 Å². The summed E-state index contributed by atoms with van der Waals surface area (Å²) in [5, 5.41) is 10.4. The minimum atomic E-state index is 0.113. The van der Waals surface area contributed by atoms with Crippen molar-refractivity contribution >= 4 is 11.0 Å². The highest BCUT2D eigenvalue weighted by Gasteiger charge is 2.17. The molecule has 0 aliphatic rings. The molecular formula is C20H19NO. The molecule has 3 rings (SSSR count). The smallest absolute Gasteiger partial charge is 0.153 e. The molecule has 3 aromatic rings. The molecule has 1 aromatic heterocycles. The van der Waals surface area contributed by atoms with E-state index >= 15 is 0 Å². The van der Waals surface area contributed by atoms with Crippen LogP contribution in [0.3, 0.4) is 0 Å². The molecule has 0 unspecified atom stereocenters. The Balaban J connectivity index is 2.16. The van der Waals surface area contributed by atoms with Crippen LogP contribution in [0.15, 0.2) is 46.9 Å². The number of aryl methyl sites for hydroxylation is 1. The molecule has 0 spiro atoms. The Morgan fingerprint density at radius 3 is 2.27 bits per heavy atom. The third-order valence-corrected chi connectivity index (χ3v) is 3.97. The quantitative estimate of drug-likeness (QED) is 0.586. The van der Waals surface area contributed by atoms with Gasteiger partial charge in [-0.1, -0.05) is 56.7 Å². The maximum atomic E-state index is 9.53. The second-order valence-corrected chi connectivity index (χ2v) is 6.74. The molecule has 0 atom stereocenters. The van der Waals surface area contributed by atoms with Crippen LogP contribution in [0, 0.1) is 18.3 Å². The van der Waals surface area contributed by atoms with Crippen molar-refractivity contribution in [2.75, 3.05) is 0 Å². The molecule has 0 bridgehead atoms. The Hall–Kier alpha value is -2.53. The van der Waals surface area contributed by atoms with E-state index in [9.17, 15) is 5.26 Å². The zero-order chi connectivity index (χ0) is 15.9. The zero-order valence-corrected chi connectivity index (χ0v) is 13.4. The summed E-state index contributed by atoms with van der Waals surface area (Å²) in [5.74, 6) is 0.656. The van der Waals surface area contributed by atoms with E-state index in [1.807, 2.05) is 37.3 Å². The first-order chi connectivity index (χ1) is 10.4. The molecule has 22 heavy (non-hydrogen) atoms. The SMILES string of the molecule is Cc1ccc2oc(-c3ccc(C(C)(C)C)cc3)c(C#N)c2c1. The minimum absolute atomic E-state index is 0.113. The van der Waals surface area contributed by atoms with Gasteiger partial charge in [0, 0.05) is 10.9 Å². The summed E-state index contributed by atoms with van der Waals surface area (Å²) in [6.07, 6.45) is 0. The molecule has 0 fully saturated rings. The van der Waals surface area contributed by atoms with Crippen molar-refractivity contribution < 1.29 is 4.42 Å². The molecule has 2 nitrogen and oxygen atoms in total. The van der Waals surface area contributed by atoms with Crippen LogP contribution in [0.5, 0.6) is 0 Å². The Morgan fingerprint density at radius 2 is 1.68 bits per heavy atom. The van der Waals surface area contributed by atoms with E-state index in [0.29, 0.717) is 11.3 Å². The van der Waals surface area contributed by atoms with Crippen LogP contribution in [0.25, 0.3) is 22.3 Å². The second kappa shape index (κ2) is 5.03. The van der Waals surface area contributed by atoms with E-state index < -0.39 is 0 Å². The third kappa shape index (κ3) is 2.40. The van der Waals surface area contributed by atoms with Gasteiger partial charge in [-0.15, -0.1) is 0 Å². The van der Waals surface area contributed by atoms with Crippen LogP contribution in [0.2, 0.25) is 0 Å². The van der Waals surface area contributed by atoms with Gasteiger partial charge in [-0.25, -0.2) is 0 Å². The molecule has 0 N–H and O–H groups in total. The summed E-state index contributed by atoms with van der Waals surface area (Å²) in [5.41, 5.74) is 4.82. The Kier molecular flexibility index (Phi) is 3.30. The molecule has 0 aliphatic carbocycles. The van der Waals surface area contributed by atoms with E-state index in [-0.39, 0.29) is 5.41 Å². The maximum Gasteiger partial charge on any atom is 0.153 e. The Morgan fingerprint density at radius 1 is 1.00 bits per heavy atom. The lowest BCUT2D eigenvalue weighted by Crippen LogP contribution is -2.10. The number of nitrogens with zero attached hydrogens (tertiary/aromatic N) is 1. The van der Waals surface area contributed by atoms with Crippen LogP contribution < -0.4 is 0 Å². The molecule has 0 saturated heterocycles. The summed E-state index contributed by atoms with van der Waals surface area (Å²) < 4.78 is 5.93. The number of benzene rings is 2. The second-order valence-electron chi connectivity index (χ2n) is 6.74. The number of fused-ring (bicyclic) bond motifs is 1. The number of hydrogen-bond acceptors (Lipinski definition) is 2. The summed E-state index contributed by atoms with van der Waals surface area (Å²) >= 11 is 0. The van der Waals surface area contributed by atoms with Crippen LogP contribution in [-0.2, 0) is 5.41 Å². The van der Waals surface area contributed by atoms with Crippen LogP contribution >= 0.6 is 0 Å². The summed E-state index contributed by atoms with van der Waals surface area (Å²) in [7, 11) is 0. The molecule has 1 heterocycles. The fraction of sp³-hybridized carbons (Fsp3) is 0.250. The van der Waals surface area contributed by atoms with Gasteiger partial charge < -0.3 is 4.42 Å². The van der Waals surface area contributed by atoms with Crippen LogP contribution in [0.1, 0.15) is 37.5 Å². The zero-order valence-electron chi connectivity index (χ0n) is 13.4. The van der Waals surface area contributed by atoms with Crippen molar-refractivity contribution in [2.45, 2.75) is 33.1 Å². The van der Waals surface area contributed by atoms with Crippen molar-refractivity contribution in [1.29, 1.82) is 5.26 Å². The molecule has 2 heteroatoms. The summed E-state index contributed by atoms with van der Waals surface area (Å²) in [4.78, 5) is 0. The molecule has 0 saturated carbocycles. The fourth-order valence-corrected chi connectivity index (χ4v) is 2.65. The number of furan rings is 1. The molecule has 0 aliphatic heterocycles. The number of hydrogen-bond donors (Lipinski definition) is 0. The lowest BCUT2D eigenvalue weighted by molar-refractivity contribution is 0.590. The highest BCUT2D eigenvalue weighted by molar-refractivity contribution is 5.91. The van der Waals surface area contributed by atoms with E-state index in [2.05, 4.69) is 39.0 Å². The van der Waals surface area contributed by atoms with E-state index in [0.717, 1.165) is 22.1 Å². The average Bonchev–Trinajstić information content (AvgIpc) is 2.84. The summed E-state index contributed by atoms with van der Waals surface area (Å²) in [6.45, 7) is 8.58. The summed E-state index contributed by atoms with van der Waals surface area (Å²) in [6, 6.07) is 16.5. The van der Waals surface area contributed by atoms with Crippen molar-refractivity contribution in [3.8, 4) is 17.4 Å². The van der Waals surface area contributed by atoms with E-state index in [1.54, 1.807) is 0 Å². The van der Waals surface area contributed by atoms with E-state index in [1.165, 1.54) is 5.56 Å². The first kappa shape index (κ1) is 14.4. The van der Waals surface area contributed by atoms with Gasteiger partial charge in [0.15, 0.2) is 5.76 Å². The fourth-order valence-electron chi connectivity index (χ4n) is 2.65. The molecular weight excluding hydrogens is 270 g/mol. The monoisotopic (exact) mass is 289 g/mol. The van der Waals surface area contributed by atoms with Gasteiger partial charge >= 0.3 is 0 Å². The lowest BCUT2D eigenvalue weighted by atomic mass is 9.86. The van der Waals surface area contributed by atoms with Gasteiger partial charge in [-0.2, -0.15) is 5.26 Å². The molecule has 0 amide bonds. The largest absolute Gasteiger partial charge is 0.455 e. The molecule has 0 radical (unpaired) electrons. The highest BCUT2D eigenvalue weighted by Crippen LogP contribution is 2.34. The van der Waals surface area contributed by atoms with Gasteiger partial charge in [-0.3, -0.25) is 0 Å². The first-order valence-electron chi connectivity index (χ1n) is 7.44. The van der Waals surface area contributed by atoms with Gasteiger partial charge in [0.2, 0.25) is 0 Å². The average molecular weight is 289 g/mol. The molecule has 2 aromatic carbocycles. The van der Waals surface area contributed by atoms with Crippen LogP contribution in [0.4, 0.5) is 0 Å². The van der Waals surface area contributed by atoms with Gasteiger partial charge in [-0.05, 0) is 30.0 Å². The van der Waals surface area contributed by atoms with E-state index in [4.69, 9.17) is 4.42 Å². The van der Waals surface area contributed by atoms with Gasteiger partial charge in [0.1, 0.15) is 17.2 Å². The van der Waals surface area contributed by atoms with Gasteiger partial charge in [0.25, 0.3) is 0 Å². The number of nitriles is 1. The molecule has 110 valence electrons. The highest BCUT2D eigenvalue weighted by atomic mass is 16.3. The van der Waals surface area contributed by atoms with Gasteiger partial charge in [0.05, 0.1) is 0 Å². The lowest BCUT2D eigenvalue weighted by Gasteiger charge is -2.18. The Labute approximate surface area is 131 Å². The van der Waals surface area contributed by atoms with Crippen LogP contribution in [-0.4, -0.2) is 0 Å². The number of rotatable bonds is 1.